The molecule has 0 heterocycles. The predicted molar refractivity (Wildman–Crippen MR) is 235 cm³/mol. The van der Waals surface area contributed by atoms with Gasteiger partial charge in [0.1, 0.15) is 12.4 Å². The first-order valence-corrected chi connectivity index (χ1v) is 23.4. The minimum Gasteiger partial charge on any atom is -0.491 e. The molecule has 0 bridgehead atoms. The SMILES string of the molecule is CCCCCCCCCCOCCOCCOCCOCCOCCOCCOCCOCCOCCOCCOCCOc1ccc(CCCCCCCCC)cc1. The molecule has 0 atom stereocenters. The van der Waals surface area contributed by atoms with Crippen molar-refractivity contribution in [1.82, 2.24) is 0 Å². The maximum absolute atomic E-state index is 5.79. The van der Waals surface area contributed by atoms with Crippen LogP contribution >= 0.6 is 0 Å². The summed E-state index contributed by atoms with van der Waals surface area (Å²) in [6.07, 6.45) is 21.1. The van der Waals surface area contributed by atoms with Gasteiger partial charge in [0.05, 0.1) is 139 Å². The lowest BCUT2D eigenvalue weighted by atomic mass is 10.0. The van der Waals surface area contributed by atoms with Crippen LogP contribution in [0, 0.1) is 0 Å². The Hall–Kier alpha value is -1.42. The number of ether oxygens (including phenoxy) is 12. The van der Waals surface area contributed by atoms with E-state index in [-0.39, 0.29) is 0 Å². The molecule has 0 N–H and O–H groups in total. The second-order valence-electron chi connectivity index (χ2n) is 14.6. The first-order chi connectivity index (χ1) is 29.4. The number of benzene rings is 1. The second kappa shape index (κ2) is 49.2. The van der Waals surface area contributed by atoms with E-state index in [4.69, 9.17) is 56.8 Å². The van der Waals surface area contributed by atoms with Gasteiger partial charge in [0.15, 0.2) is 0 Å². The molecule has 0 amide bonds. The van der Waals surface area contributed by atoms with Crippen LogP contribution in [0.5, 0.6) is 5.75 Å². The lowest BCUT2D eigenvalue weighted by molar-refractivity contribution is -0.0277. The minimum absolute atomic E-state index is 0.516. The summed E-state index contributed by atoms with van der Waals surface area (Å²) in [4.78, 5) is 0. The maximum Gasteiger partial charge on any atom is 0.119 e. The van der Waals surface area contributed by atoms with E-state index < -0.39 is 0 Å². The van der Waals surface area contributed by atoms with Gasteiger partial charge in [0.2, 0.25) is 0 Å². The molecule has 0 aliphatic carbocycles. The molecular weight excluding hydrogens is 757 g/mol. The summed E-state index contributed by atoms with van der Waals surface area (Å²) in [5.74, 6) is 0.888. The third kappa shape index (κ3) is 44.4. The molecule has 12 nitrogen and oxygen atoms in total. The first kappa shape index (κ1) is 55.6. The van der Waals surface area contributed by atoms with Gasteiger partial charge in [0.25, 0.3) is 0 Å². The van der Waals surface area contributed by atoms with E-state index in [2.05, 4.69) is 38.1 Å². The van der Waals surface area contributed by atoms with Gasteiger partial charge in [-0.25, -0.2) is 0 Å². The zero-order valence-corrected chi connectivity index (χ0v) is 37.8. The average Bonchev–Trinajstić information content (AvgIpc) is 3.25. The molecule has 0 saturated heterocycles. The highest BCUT2D eigenvalue weighted by Crippen LogP contribution is 2.15. The lowest BCUT2D eigenvalue weighted by Crippen LogP contribution is -2.15. The zero-order chi connectivity index (χ0) is 42.0. The number of aryl methyl sites for hydroxylation is 1. The van der Waals surface area contributed by atoms with Gasteiger partial charge < -0.3 is 56.8 Å². The van der Waals surface area contributed by atoms with Crippen LogP contribution in [0.1, 0.15) is 116 Å². The Balaban J connectivity index is 1.66. The van der Waals surface area contributed by atoms with Crippen LogP contribution in [0.15, 0.2) is 24.3 Å². The van der Waals surface area contributed by atoms with Crippen molar-refractivity contribution in [3.05, 3.63) is 29.8 Å². The van der Waals surface area contributed by atoms with Gasteiger partial charge in [-0.2, -0.15) is 0 Å². The van der Waals surface area contributed by atoms with Crippen molar-refractivity contribution in [3.63, 3.8) is 0 Å². The highest BCUT2D eigenvalue weighted by Gasteiger charge is 2.00. The summed E-state index contributed by atoms with van der Waals surface area (Å²) < 4.78 is 66.9. The summed E-state index contributed by atoms with van der Waals surface area (Å²) in [5.41, 5.74) is 1.38. The number of rotatable bonds is 51. The fraction of sp³-hybridized carbons (Fsp3) is 0.872. The van der Waals surface area contributed by atoms with E-state index in [0.29, 0.717) is 145 Å². The molecule has 1 aromatic rings. The van der Waals surface area contributed by atoms with Crippen molar-refractivity contribution in [2.75, 3.05) is 152 Å². The summed E-state index contributed by atoms with van der Waals surface area (Å²) in [6.45, 7) is 17.2. The van der Waals surface area contributed by atoms with E-state index in [1.165, 1.54) is 95.5 Å². The standard InChI is InChI=1S/C47H88O12/c1-3-5-7-9-11-13-15-17-23-48-24-25-49-26-27-50-28-29-51-30-31-52-32-33-53-34-35-54-36-37-55-38-39-56-40-41-57-42-43-58-44-45-59-47-21-19-46(20-22-47)18-16-14-12-10-8-6-4-2/h19-22H,3-18,23-45H2,1-2H3. The first-order valence-electron chi connectivity index (χ1n) is 23.4. The van der Waals surface area contributed by atoms with Crippen LogP contribution in [-0.2, 0) is 58.5 Å². The lowest BCUT2D eigenvalue weighted by Gasteiger charge is -2.09. The molecule has 12 heteroatoms. The molecule has 59 heavy (non-hydrogen) atoms. The van der Waals surface area contributed by atoms with Crippen LogP contribution in [-0.4, -0.2) is 152 Å². The Kier molecular flexibility index (Phi) is 46.4. The Morgan fingerprint density at radius 2 is 0.508 bits per heavy atom. The second-order valence-corrected chi connectivity index (χ2v) is 14.6. The molecule has 0 aliphatic rings. The van der Waals surface area contributed by atoms with E-state index >= 15 is 0 Å². The molecule has 0 fully saturated rings. The molecule has 0 spiro atoms. The van der Waals surface area contributed by atoms with Crippen LogP contribution in [0.4, 0.5) is 0 Å². The molecule has 348 valence electrons. The molecule has 1 rings (SSSR count). The van der Waals surface area contributed by atoms with Crippen molar-refractivity contribution >= 4 is 0 Å². The molecule has 1 aromatic carbocycles. The Morgan fingerprint density at radius 1 is 0.254 bits per heavy atom. The van der Waals surface area contributed by atoms with Crippen molar-refractivity contribution in [2.24, 2.45) is 0 Å². The Labute approximate surface area is 360 Å². The quantitative estimate of drug-likeness (QED) is 0.0586. The van der Waals surface area contributed by atoms with Crippen molar-refractivity contribution in [3.8, 4) is 5.75 Å². The zero-order valence-electron chi connectivity index (χ0n) is 37.8. The van der Waals surface area contributed by atoms with Crippen molar-refractivity contribution < 1.29 is 56.8 Å². The van der Waals surface area contributed by atoms with Gasteiger partial charge in [-0.3, -0.25) is 0 Å². The van der Waals surface area contributed by atoms with E-state index in [1.807, 2.05) is 0 Å². The van der Waals surface area contributed by atoms with Crippen molar-refractivity contribution in [2.45, 2.75) is 117 Å². The number of unbranched alkanes of at least 4 members (excludes halogenated alkanes) is 13. The third-order valence-electron chi connectivity index (χ3n) is 9.35. The van der Waals surface area contributed by atoms with Crippen molar-refractivity contribution in [1.29, 1.82) is 0 Å². The topological polar surface area (TPSA) is 111 Å². The van der Waals surface area contributed by atoms with Gasteiger partial charge in [-0.1, -0.05) is 109 Å². The Morgan fingerprint density at radius 3 is 0.831 bits per heavy atom. The van der Waals surface area contributed by atoms with Crippen LogP contribution in [0.3, 0.4) is 0 Å². The van der Waals surface area contributed by atoms with Crippen LogP contribution < -0.4 is 4.74 Å². The fourth-order valence-electron chi connectivity index (χ4n) is 5.90. The highest BCUT2D eigenvalue weighted by atomic mass is 16.6. The highest BCUT2D eigenvalue weighted by molar-refractivity contribution is 5.27. The largest absolute Gasteiger partial charge is 0.491 e. The monoisotopic (exact) mass is 845 g/mol. The molecular formula is C47H88O12. The summed E-state index contributed by atoms with van der Waals surface area (Å²) in [6, 6.07) is 8.47. The smallest absolute Gasteiger partial charge is 0.119 e. The van der Waals surface area contributed by atoms with Gasteiger partial charge in [-0.15, -0.1) is 0 Å². The number of hydrogen-bond acceptors (Lipinski definition) is 12. The van der Waals surface area contributed by atoms with Gasteiger partial charge in [0, 0.05) is 6.61 Å². The molecule has 0 radical (unpaired) electrons. The van der Waals surface area contributed by atoms with E-state index in [0.717, 1.165) is 25.2 Å². The fourth-order valence-corrected chi connectivity index (χ4v) is 5.90. The maximum atomic E-state index is 5.79. The summed E-state index contributed by atoms with van der Waals surface area (Å²) in [5, 5.41) is 0. The molecule has 0 aliphatic heterocycles. The van der Waals surface area contributed by atoms with Crippen LogP contribution in [0.2, 0.25) is 0 Å². The third-order valence-corrected chi connectivity index (χ3v) is 9.35. The van der Waals surface area contributed by atoms with Gasteiger partial charge in [-0.05, 0) is 37.0 Å². The molecule has 0 saturated carbocycles. The number of hydrogen-bond donors (Lipinski definition) is 0. The summed E-state index contributed by atoms with van der Waals surface area (Å²) in [7, 11) is 0. The normalized spacial score (nSPS) is 11.6. The molecule has 0 aromatic heterocycles. The van der Waals surface area contributed by atoms with Gasteiger partial charge >= 0.3 is 0 Å². The summed E-state index contributed by atoms with van der Waals surface area (Å²) >= 11 is 0. The van der Waals surface area contributed by atoms with E-state index in [9.17, 15) is 0 Å². The predicted octanol–water partition coefficient (Wildman–Crippen LogP) is 8.68. The van der Waals surface area contributed by atoms with E-state index in [1.54, 1.807) is 0 Å². The van der Waals surface area contributed by atoms with Crippen LogP contribution in [0.25, 0.3) is 0 Å². The minimum atomic E-state index is 0.516. The average molecular weight is 845 g/mol. The Bertz CT molecular complexity index is 910. The molecule has 0 unspecified atom stereocenters.